The molecule has 8 heteroatoms. The van der Waals surface area contributed by atoms with Gasteiger partial charge in [-0.3, -0.25) is 9.59 Å². The van der Waals surface area contributed by atoms with Crippen LogP contribution in [0.1, 0.15) is 37.1 Å². The Morgan fingerprint density at radius 2 is 1.82 bits per heavy atom. The highest BCUT2D eigenvalue weighted by Gasteiger charge is 2.24. The number of amides is 1. The predicted octanol–water partition coefficient (Wildman–Crippen LogP) is 2.52. The lowest BCUT2D eigenvalue weighted by atomic mass is 9.88. The van der Waals surface area contributed by atoms with E-state index in [4.69, 9.17) is 0 Å². The van der Waals surface area contributed by atoms with Gasteiger partial charge in [0.15, 0.2) is 0 Å². The third-order valence-electron chi connectivity index (χ3n) is 4.65. The van der Waals surface area contributed by atoms with Crippen molar-refractivity contribution in [1.29, 1.82) is 0 Å². The van der Waals surface area contributed by atoms with E-state index in [1.54, 1.807) is 6.20 Å². The topological polar surface area (TPSA) is 109 Å². The molecule has 0 radical (unpaired) electrons. The molecule has 1 aliphatic rings. The van der Waals surface area contributed by atoms with Gasteiger partial charge >= 0.3 is 0 Å². The molecular weight excluding hydrogens is 356 g/mol. The highest BCUT2D eigenvalue weighted by molar-refractivity contribution is 5.84. The van der Waals surface area contributed by atoms with Crippen molar-refractivity contribution < 1.29 is 9.59 Å². The number of Topliss-reactive ketones (excluding diaryl/α,β-unsaturated/α-hetero) is 1. The molecule has 28 heavy (non-hydrogen) atoms. The summed E-state index contributed by atoms with van der Waals surface area (Å²) >= 11 is 0. The molecule has 3 rings (SSSR count). The molecular formula is C20H26N6O2. The number of aromatic nitrogens is 3. The Morgan fingerprint density at radius 3 is 2.57 bits per heavy atom. The van der Waals surface area contributed by atoms with Crippen molar-refractivity contribution in [3.63, 3.8) is 0 Å². The average Bonchev–Trinajstić information content (AvgIpc) is 2.65. The van der Waals surface area contributed by atoms with E-state index in [-0.39, 0.29) is 17.6 Å². The summed E-state index contributed by atoms with van der Waals surface area (Å²) in [6.45, 7) is 4.88. The van der Waals surface area contributed by atoms with E-state index in [0.29, 0.717) is 56.2 Å². The number of aryl methyl sites for hydroxylation is 2. The predicted molar refractivity (Wildman–Crippen MR) is 107 cm³/mol. The van der Waals surface area contributed by atoms with E-state index in [0.717, 1.165) is 11.4 Å². The van der Waals surface area contributed by atoms with Gasteiger partial charge in [0.25, 0.3) is 0 Å². The maximum Gasteiger partial charge on any atom is 0.223 e. The van der Waals surface area contributed by atoms with Gasteiger partial charge in [0.05, 0.1) is 0 Å². The van der Waals surface area contributed by atoms with Crippen LogP contribution >= 0.6 is 0 Å². The lowest BCUT2D eigenvalue weighted by Gasteiger charge is -2.20. The molecule has 0 spiro atoms. The zero-order valence-electron chi connectivity index (χ0n) is 16.3. The van der Waals surface area contributed by atoms with Gasteiger partial charge < -0.3 is 16.0 Å². The second kappa shape index (κ2) is 9.25. The van der Waals surface area contributed by atoms with Crippen molar-refractivity contribution in [2.45, 2.75) is 39.5 Å². The fourth-order valence-corrected chi connectivity index (χ4v) is 3.18. The Bertz CT molecular complexity index is 844. The summed E-state index contributed by atoms with van der Waals surface area (Å²) in [4.78, 5) is 36.5. The number of anilines is 3. The maximum atomic E-state index is 12.2. The third kappa shape index (κ3) is 5.73. The molecule has 2 heterocycles. The first-order chi connectivity index (χ1) is 13.5. The molecule has 3 N–H and O–H groups in total. The van der Waals surface area contributed by atoms with Crippen LogP contribution in [0.4, 0.5) is 17.5 Å². The Morgan fingerprint density at radius 1 is 1.07 bits per heavy atom. The fraction of sp³-hybridized carbons (Fsp3) is 0.450. The minimum atomic E-state index is -0.0448. The quantitative estimate of drug-likeness (QED) is 0.631. The van der Waals surface area contributed by atoms with Crippen LogP contribution in [0.2, 0.25) is 0 Å². The van der Waals surface area contributed by atoms with Crippen LogP contribution in [0.15, 0.2) is 24.4 Å². The van der Waals surface area contributed by atoms with Crippen molar-refractivity contribution in [2.75, 3.05) is 23.7 Å². The summed E-state index contributed by atoms with van der Waals surface area (Å²) in [6.07, 6.45) is 4.09. The number of carbonyl (C=O) groups excluding carboxylic acids is 2. The first kappa shape index (κ1) is 19.7. The van der Waals surface area contributed by atoms with Gasteiger partial charge in [-0.2, -0.15) is 0 Å². The fourth-order valence-electron chi connectivity index (χ4n) is 3.18. The Labute approximate surface area is 164 Å². The molecule has 0 bridgehead atoms. The number of hydrogen-bond acceptors (Lipinski definition) is 7. The first-order valence-corrected chi connectivity index (χ1v) is 9.58. The maximum absolute atomic E-state index is 12.2. The minimum Gasteiger partial charge on any atom is -0.368 e. The van der Waals surface area contributed by atoms with E-state index in [1.807, 2.05) is 32.0 Å². The largest absolute Gasteiger partial charge is 0.368 e. The summed E-state index contributed by atoms with van der Waals surface area (Å²) in [7, 11) is 0. The first-order valence-electron chi connectivity index (χ1n) is 9.58. The zero-order chi connectivity index (χ0) is 19.9. The average molecular weight is 382 g/mol. The molecule has 1 aliphatic carbocycles. The second-order valence-corrected chi connectivity index (χ2v) is 7.06. The molecule has 2 aromatic heterocycles. The smallest absolute Gasteiger partial charge is 0.223 e. The monoisotopic (exact) mass is 382 g/mol. The summed E-state index contributed by atoms with van der Waals surface area (Å²) in [6, 6.07) is 5.69. The molecule has 0 aliphatic heterocycles. The van der Waals surface area contributed by atoms with Crippen LogP contribution < -0.4 is 16.0 Å². The molecule has 1 fully saturated rings. The Balaban J connectivity index is 1.48. The number of hydrogen-bond donors (Lipinski definition) is 3. The van der Waals surface area contributed by atoms with Gasteiger partial charge in [0.1, 0.15) is 29.1 Å². The zero-order valence-corrected chi connectivity index (χ0v) is 16.3. The van der Waals surface area contributed by atoms with Crippen LogP contribution in [0, 0.1) is 19.8 Å². The van der Waals surface area contributed by atoms with Gasteiger partial charge in [0, 0.05) is 44.1 Å². The minimum absolute atomic E-state index is 0.0287. The highest BCUT2D eigenvalue weighted by Crippen LogP contribution is 2.21. The molecule has 1 amide bonds. The van der Waals surface area contributed by atoms with Gasteiger partial charge in [-0.25, -0.2) is 15.0 Å². The van der Waals surface area contributed by atoms with Gasteiger partial charge in [-0.05, 0) is 44.4 Å². The molecule has 148 valence electrons. The number of rotatable bonds is 7. The third-order valence-corrected chi connectivity index (χ3v) is 4.65. The molecule has 0 saturated heterocycles. The summed E-state index contributed by atoms with van der Waals surface area (Å²) in [5.41, 5.74) is 1.11. The van der Waals surface area contributed by atoms with Crippen molar-refractivity contribution in [3.05, 3.63) is 35.8 Å². The number of nitrogens with one attached hydrogen (secondary N) is 3. The van der Waals surface area contributed by atoms with Crippen LogP contribution in [0.5, 0.6) is 0 Å². The molecule has 2 aromatic rings. The van der Waals surface area contributed by atoms with Crippen molar-refractivity contribution in [2.24, 2.45) is 5.92 Å². The van der Waals surface area contributed by atoms with E-state index < -0.39 is 0 Å². The summed E-state index contributed by atoms with van der Waals surface area (Å²) < 4.78 is 0. The van der Waals surface area contributed by atoms with E-state index in [2.05, 4.69) is 30.9 Å². The van der Waals surface area contributed by atoms with E-state index >= 15 is 0 Å². The van der Waals surface area contributed by atoms with E-state index in [1.165, 1.54) is 0 Å². The SMILES string of the molecule is Cc1ccnc(Nc2cc(NCCNC(=O)C3CCC(=O)CC3)nc(C)n2)c1. The number of ketones is 1. The molecule has 0 unspecified atom stereocenters. The van der Waals surface area contributed by atoms with Crippen LogP contribution in [-0.4, -0.2) is 39.7 Å². The van der Waals surface area contributed by atoms with Crippen molar-refractivity contribution in [3.8, 4) is 0 Å². The Kier molecular flexibility index (Phi) is 6.52. The number of pyridine rings is 1. The van der Waals surface area contributed by atoms with Crippen molar-refractivity contribution in [1.82, 2.24) is 20.3 Å². The lowest BCUT2D eigenvalue weighted by molar-refractivity contribution is -0.128. The number of nitrogens with zero attached hydrogens (tertiary/aromatic N) is 3. The van der Waals surface area contributed by atoms with Crippen LogP contribution in [0.3, 0.4) is 0 Å². The van der Waals surface area contributed by atoms with E-state index in [9.17, 15) is 9.59 Å². The van der Waals surface area contributed by atoms with Crippen molar-refractivity contribution >= 4 is 29.1 Å². The van der Waals surface area contributed by atoms with Gasteiger partial charge in [-0.1, -0.05) is 0 Å². The summed E-state index contributed by atoms with van der Waals surface area (Å²) in [5.74, 6) is 2.94. The number of carbonyl (C=O) groups is 2. The lowest BCUT2D eigenvalue weighted by Crippen LogP contribution is -2.36. The van der Waals surface area contributed by atoms with Gasteiger partial charge in [0.2, 0.25) is 5.91 Å². The van der Waals surface area contributed by atoms with Crippen LogP contribution in [0.25, 0.3) is 0 Å². The van der Waals surface area contributed by atoms with Crippen LogP contribution in [-0.2, 0) is 9.59 Å². The molecule has 8 nitrogen and oxygen atoms in total. The molecule has 0 aromatic carbocycles. The normalized spacial score (nSPS) is 14.6. The Hall–Kier alpha value is -3.03. The summed E-state index contributed by atoms with van der Waals surface area (Å²) in [5, 5.41) is 9.32. The van der Waals surface area contributed by atoms with Gasteiger partial charge in [-0.15, -0.1) is 0 Å². The highest BCUT2D eigenvalue weighted by atomic mass is 16.2. The molecule has 1 saturated carbocycles. The second-order valence-electron chi connectivity index (χ2n) is 7.06. The standard InChI is InChI=1S/C20H26N6O2/c1-13-7-8-21-17(11-13)26-19-12-18(24-14(2)25-19)22-9-10-23-20(28)15-3-5-16(27)6-4-15/h7-8,11-12,15H,3-6,9-10H2,1-2H3,(H,23,28)(H2,21,22,24,25,26). The molecule has 0 atom stereocenters.